The van der Waals surface area contributed by atoms with Gasteiger partial charge in [0.1, 0.15) is 0 Å². The van der Waals surface area contributed by atoms with Crippen molar-refractivity contribution >= 4 is 0 Å². The van der Waals surface area contributed by atoms with Crippen LogP contribution < -0.4 is 5.73 Å². The van der Waals surface area contributed by atoms with Gasteiger partial charge in [-0.3, -0.25) is 0 Å². The summed E-state index contributed by atoms with van der Waals surface area (Å²) >= 11 is 0. The van der Waals surface area contributed by atoms with Crippen molar-refractivity contribution < 1.29 is 0 Å². The van der Waals surface area contributed by atoms with Gasteiger partial charge in [-0.15, -0.1) is 0 Å². The van der Waals surface area contributed by atoms with Crippen molar-refractivity contribution in [3.8, 4) is 0 Å². The molecule has 0 heterocycles. The molecule has 114 valence electrons. The first-order valence-corrected chi connectivity index (χ1v) is 9.50. The Kier molecular flexibility index (Phi) is 3.61. The Hall–Kier alpha value is -0.0400. The summed E-state index contributed by atoms with van der Waals surface area (Å²) in [6.07, 6.45) is 14.9. The van der Waals surface area contributed by atoms with E-state index in [1.54, 1.807) is 6.42 Å². The van der Waals surface area contributed by atoms with Gasteiger partial charge >= 0.3 is 0 Å². The second-order valence-electron chi connectivity index (χ2n) is 8.79. The molecule has 20 heavy (non-hydrogen) atoms. The van der Waals surface area contributed by atoms with E-state index in [1.807, 2.05) is 0 Å². The Morgan fingerprint density at radius 3 is 2.15 bits per heavy atom. The van der Waals surface area contributed by atoms with Crippen LogP contribution in [0.2, 0.25) is 0 Å². The number of rotatable bonds is 3. The Labute approximate surface area is 125 Å². The van der Waals surface area contributed by atoms with Gasteiger partial charge in [0, 0.05) is 6.04 Å². The van der Waals surface area contributed by atoms with E-state index in [2.05, 4.69) is 6.92 Å². The second kappa shape index (κ2) is 5.30. The number of nitrogens with two attached hydrogens (primary N) is 1. The normalized spacial score (nSPS) is 52.2. The van der Waals surface area contributed by atoms with Gasteiger partial charge in [-0.05, 0) is 86.4 Å². The van der Waals surface area contributed by atoms with Crippen molar-refractivity contribution in [1.29, 1.82) is 0 Å². The third-order valence-corrected chi connectivity index (χ3v) is 7.69. The van der Waals surface area contributed by atoms with Crippen molar-refractivity contribution in [1.82, 2.24) is 0 Å². The minimum Gasteiger partial charge on any atom is -0.327 e. The lowest BCUT2D eigenvalue weighted by molar-refractivity contribution is -0.0578. The zero-order chi connectivity index (χ0) is 13.7. The van der Waals surface area contributed by atoms with E-state index in [0.29, 0.717) is 6.04 Å². The maximum absolute atomic E-state index is 6.89. The van der Waals surface area contributed by atoms with Gasteiger partial charge in [-0.25, -0.2) is 0 Å². The third-order valence-electron chi connectivity index (χ3n) is 7.69. The van der Waals surface area contributed by atoms with Crippen LogP contribution >= 0.6 is 0 Å². The molecule has 5 rings (SSSR count). The molecule has 0 spiro atoms. The lowest BCUT2D eigenvalue weighted by Gasteiger charge is -2.57. The quantitative estimate of drug-likeness (QED) is 0.800. The Bertz CT molecular complexity index is 322. The van der Waals surface area contributed by atoms with E-state index in [4.69, 9.17) is 5.73 Å². The highest BCUT2D eigenvalue weighted by Gasteiger charge is 2.51. The predicted octanol–water partition coefficient (Wildman–Crippen LogP) is 4.60. The molecule has 5 aliphatic carbocycles. The van der Waals surface area contributed by atoms with Crippen LogP contribution in [0.3, 0.4) is 0 Å². The fourth-order valence-electron chi connectivity index (χ4n) is 6.96. The molecule has 2 N–H and O–H groups in total. The SMILES string of the molecule is CCC1CCCC(C(N)C2C3CC4CC(C3)CC2C4)C1. The van der Waals surface area contributed by atoms with Crippen LogP contribution in [0.25, 0.3) is 0 Å². The second-order valence-corrected chi connectivity index (χ2v) is 8.79. The highest BCUT2D eigenvalue weighted by atomic mass is 14.7. The van der Waals surface area contributed by atoms with Crippen LogP contribution in [0.1, 0.15) is 71.1 Å². The van der Waals surface area contributed by atoms with Gasteiger partial charge in [-0.2, -0.15) is 0 Å². The van der Waals surface area contributed by atoms with Crippen molar-refractivity contribution in [2.24, 2.45) is 47.2 Å². The summed E-state index contributed by atoms with van der Waals surface area (Å²) < 4.78 is 0. The van der Waals surface area contributed by atoms with Gasteiger partial charge in [0.25, 0.3) is 0 Å². The van der Waals surface area contributed by atoms with E-state index in [9.17, 15) is 0 Å². The zero-order valence-electron chi connectivity index (χ0n) is 13.3. The molecular formula is C19H33N. The molecule has 4 bridgehead atoms. The van der Waals surface area contributed by atoms with E-state index in [-0.39, 0.29) is 0 Å². The van der Waals surface area contributed by atoms with Gasteiger partial charge in [0.2, 0.25) is 0 Å². The Balaban J connectivity index is 1.46. The molecule has 0 radical (unpaired) electrons. The first-order chi connectivity index (χ1) is 9.74. The van der Waals surface area contributed by atoms with Crippen molar-refractivity contribution in [3.63, 3.8) is 0 Å². The lowest BCUT2D eigenvalue weighted by atomic mass is 9.49. The van der Waals surface area contributed by atoms with Crippen molar-refractivity contribution in [3.05, 3.63) is 0 Å². The summed E-state index contributed by atoms with van der Waals surface area (Å²) in [5.74, 6) is 6.97. The molecular weight excluding hydrogens is 242 g/mol. The summed E-state index contributed by atoms with van der Waals surface area (Å²) in [7, 11) is 0. The Morgan fingerprint density at radius 1 is 0.900 bits per heavy atom. The molecule has 5 saturated carbocycles. The van der Waals surface area contributed by atoms with Crippen LogP contribution in [0, 0.1) is 41.4 Å². The van der Waals surface area contributed by atoms with Gasteiger partial charge in [0.05, 0.1) is 0 Å². The highest BCUT2D eigenvalue weighted by molar-refractivity contribution is 5.02. The Morgan fingerprint density at radius 2 is 1.55 bits per heavy atom. The monoisotopic (exact) mass is 275 g/mol. The topological polar surface area (TPSA) is 26.0 Å². The summed E-state index contributed by atoms with van der Waals surface area (Å²) in [6, 6.07) is 0.541. The molecule has 0 aromatic rings. The zero-order valence-corrected chi connectivity index (χ0v) is 13.3. The molecule has 0 saturated heterocycles. The molecule has 3 unspecified atom stereocenters. The summed E-state index contributed by atoms with van der Waals surface area (Å²) in [5.41, 5.74) is 6.89. The van der Waals surface area contributed by atoms with E-state index in [0.717, 1.165) is 41.4 Å². The summed E-state index contributed by atoms with van der Waals surface area (Å²) in [4.78, 5) is 0. The first kappa shape index (κ1) is 13.6. The van der Waals surface area contributed by atoms with Crippen LogP contribution in [-0.4, -0.2) is 6.04 Å². The molecule has 0 aromatic heterocycles. The standard InChI is InChI=1S/C19H33N/c1-2-12-4-3-5-15(7-12)19(20)18-16-8-13-6-14(10-16)11-17(18)9-13/h12-19H,2-11,20H2,1H3. The van der Waals surface area contributed by atoms with Gasteiger partial charge in [0.15, 0.2) is 0 Å². The minimum atomic E-state index is 0.541. The minimum absolute atomic E-state index is 0.541. The average Bonchev–Trinajstić information content (AvgIpc) is 2.46. The predicted molar refractivity (Wildman–Crippen MR) is 84.2 cm³/mol. The number of hydrogen-bond donors (Lipinski definition) is 1. The summed E-state index contributed by atoms with van der Waals surface area (Å²) in [5, 5.41) is 0. The molecule has 0 aromatic carbocycles. The largest absolute Gasteiger partial charge is 0.327 e. The van der Waals surface area contributed by atoms with Crippen LogP contribution in [0.5, 0.6) is 0 Å². The molecule has 1 nitrogen and oxygen atoms in total. The molecule has 3 atom stereocenters. The van der Waals surface area contributed by atoms with Gasteiger partial charge < -0.3 is 5.73 Å². The van der Waals surface area contributed by atoms with E-state index < -0.39 is 0 Å². The molecule has 1 heteroatoms. The first-order valence-electron chi connectivity index (χ1n) is 9.50. The van der Waals surface area contributed by atoms with E-state index >= 15 is 0 Å². The van der Waals surface area contributed by atoms with Crippen molar-refractivity contribution in [2.45, 2.75) is 77.2 Å². The fourth-order valence-corrected chi connectivity index (χ4v) is 6.96. The van der Waals surface area contributed by atoms with Crippen LogP contribution in [0.15, 0.2) is 0 Å². The van der Waals surface area contributed by atoms with Crippen LogP contribution in [-0.2, 0) is 0 Å². The number of hydrogen-bond acceptors (Lipinski definition) is 1. The maximum Gasteiger partial charge on any atom is 0.0101 e. The molecule has 5 aliphatic rings. The summed E-state index contributed by atoms with van der Waals surface area (Å²) in [6.45, 7) is 2.38. The third kappa shape index (κ3) is 2.25. The molecule has 0 aliphatic heterocycles. The average molecular weight is 275 g/mol. The van der Waals surface area contributed by atoms with E-state index in [1.165, 1.54) is 57.8 Å². The lowest BCUT2D eigenvalue weighted by Crippen LogP contribution is -2.54. The molecule has 0 amide bonds. The van der Waals surface area contributed by atoms with Gasteiger partial charge in [-0.1, -0.05) is 26.2 Å². The maximum atomic E-state index is 6.89. The van der Waals surface area contributed by atoms with Crippen LogP contribution in [0.4, 0.5) is 0 Å². The highest BCUT2D eigenvalue weighted by Crippen LogP contribution is 2.58. The molecule has 5 fully saturated rings. The fraction of sp³-hybridized carbons (Fsp3) is 1.00. The smallest absolute Gasteiger partial charge is 0.0101 e. The van der Waals surface area contributed by atoms with Crippen molar-refractivity contribution in [2.75, 3.05) is 0 Å².